The van der Waals surface area contributed by atoms with Gasteiger partial charge in [0.1, 0.15) is 5.82 Å². The summed E-state index contributed by atoms with van der Waals surface area (Å²) in [7, 11) is 0. The van der Waals surface area contributed by atoms with Crippen molar-refractivity contribution in [1.29, 1.82) is 0 Å². The average molecular weight is 415 g/mol. The van der Waals surface area contributed by atoms with E-state index in [1.54, 1.807) is 16.9 Å². The molecule has 0 atom stereocenters. The van der Waals surface area contributed by atoms with Gasteiger partial charge in [-0.1, -0.05) is 30.3 Å². The fourth-order valence-corrected chi connectivity index (χ4v) is 3.89. The zero-order valence-electron chi connectivity index (χ0n) is 17.7. The summed E-state index contributed by atoms with van der Waals surface area (Å²) < 4.78 is 1.78. The minimum Gasteiger partial charge on any atom is -0.383 e. The van der Waals surface area contributed by atoms with E-state index in [1.165, 1.54) is 0 Å². The van der Waals surface area contributed by atoms with Gasteiger partial charge in [0.15, 0.2) is 5.69 Å². The number of hydrogen-bond acceptors (Lipinski definition) is 5. The normalized spacial score (nSPS) is 11.1. The summed E-state index contributed by atoms with van der Waals surface area (Å²) in [5.74, 6) is 0.284. The number of benzene rings is 2. The predicted molar refractivity (Wildman–Crippen MR) is 122 cm³/mol. The Morgan fingerprint density at radius 2 is 1.87 bits per heavy atom. The Hall–Kier alpha value is -3.71. The van der Waals surface area contributed by atoms with Crippen LogP contribution in [-0.2, 0) is 19.6 Å². The van der Waals surface area contributed by atoms with Crippen LogP contribution >= 0.6 is 0 Å². The number of nitrogen functional groups attached to an aromatic ring is 1. The molecule has 0 aliphatic rings. The number of nitrogens with zero attached hydrogens (tertiary/aromatic N) is 3. The highest BCUT2D eigenvalue weighted by Gasteiger charge is 2.16. The molecule has 7 nitrogen and oxygen atoms in total. The van der Waals surface area contributed by atoms with Gasteiger partial charge < -0.3 is 16.8 Å². The summed E-state index contributed by atoms with van der Waals surface area (Å²) in [5.41, 5.74) is 17.4. The summed E-state index contributed by atoms with van der Waals surface area (Å²) in [4.78, 5) is 17.0. The number of pyridine rings is 1. The van der Waals surface area contributed by atoms with Gasteiger partial charge in [-0.25, -0.2) is 4.98 Å². The smallest absolute Gasteiger partial charge is 0.272 e. The van der Waals surface area contributed by atoms with E-state index in [0.717, 1.165) is 38.7 Å². The van der Waals surface area contributed by atoms with Crippen molar-refractivity contribution in [2.24, 2.45) is 5.73 Å². The predicted octanol–water partition coefficient (Wildman–Crippen LogP) is 3.07. The van der Waals surface area contributed by atoms with Crippen molar-refractivity contribution in [3.8, 4) is 0 Å². The van der Waals surface area contributed by atoms with Crippen LogP contribution in [0.2, 0.25) is 0 Å². The topological polar surface area (TPSA) is 112 Å². The molecule has 4 aromatic rings. The second-order valence-electron chi connectivity index (χ2n) is 7.64. The molecule has 1 amide bonds. The highest BCUT2D eigenvalue weighted by Crippen LogP contribution is 2.27. The third-order valence-electron chi connectivity index (χ3n) is 5.62. The van der Waals surface area contributed by atoms with Crippen molar-refractivity contribution in [2.75, 3.05) is 5.73 Å². The summed E-state index contributed by atoms with van der Waals surface area (Å²) in [6.45, 7) is 5.33. The maximum Gasteiger partial charge on any atom is 0.272 e. The lowest BCUT2D eigenvalue weighted by Crippen LogP contribution is -2.24. The third kappa shape index (κ3) is 4.13. The zero-order valence-corrected chi connectivity index (χ0v) is 17.7. The molecule has 31 heavy (non-hydrogen) atoms. The Balaban J connectivity index is 1.54. The van der Waals surface area contributed by atoms with Crippen molar-refractivity contribution in [3.63, 3.8) is 0 Å². The van der Waals surface area contributed by atoms with Crippen LogP contribution in [-0.4, -0.2) is 20.7 Å². The quantitative estimate of drug-likeness (QED) is 0.449. The van der Waals surface area contributed by atoms with Crippen LogP contribution in [0.3, 0.4) is 0 Å². The summed E-state index contributed by atoms with van der Waals surface area (Å²) in [6.07, 6.45) is 1.70. The molecule has 5 N–H and O–H groups in total. The highest BCUT2D eigenvalue weighted by molar-refractivity contribution is 5.95. The number of anilines is 1. The van der Waals surface area contributed by atoms with Gasteiger partial charge in [-0.2, -0.15) is 5.10 Å². The van der Waals surface area contributed by atoms with E-state index in [0.29, 0.717) is 31.1 Å². The Bertz CT molecular complexity index is 1250. The first kappa shape index (κ1) is 20.6. The molecular weight excluding hydrogens is 388 g/mol. The molecule has 2 heterocycles. The van der Waals surface area contributed by atoms with E-state index in [9.17, 15) is 4.79 Å². The SMILES string of the molecule is Cc1cc2c(N)nccc2c(C)c1CNC(=O)c1cc(CN)n(Cc2ccccc2)n1. The van der Waals surface area contributed by atoms with Crippen LogP contribution in [0.4, 0.5) is 5.82 Å². The number of hydrogen-bond donors (Lipinski definition) is 3. The molecule has 0 aliphatic carbocycles. The highest BCUT2D eigenvalue weighted by atomic mass is 16.1. The van der Waals surface area contributed by atoms with Gasteiger partial charge in [-0.3, -0.25) is 9.48 Å². The number of nitrogens with two attached hydrogens (primary N) is 2. The number of amides is 1. The van der Waals surface area contributed by atoms with Crippen molar-refractivity contribution >= 4 is 22.5 Å². The van der Waals surface area contributed by atoms with Gasteiger partial charge in [0.05, 0.1) is 12.2 Å². The molecule has 0 radical (unpaired) electrons. The van der Waals surface area contributed by atoms with Gasteiger partial charge >= 0.3 is 0 Å². The van der Waals surface area contributed by atoms with Crippen LogP contribution < -0.4 is 16.8 Å². The maximum absolute atomic E-state index is 12.8. The van der Waals surface area contributed by atoms with Gasteiger partial charge in [-0.15, -0.1) is 0 Å². The molecular formula is C24H26N6O. The average Bonchev–Trinajstić information content (AvgIpc) is 3.18. The number of aryl methyl sites for hydroxylation is 2. The molecule has 0 spiro atoms. The van der Waals surface area contributed by atoms with Gasteiger partial charge in [-0.05, 0) is 59.7 Å². The van der Waals surface area contributed by atoms with E-state index in [1.807, 2.05) is 56.3 Å². The van der Waals surface area contributed by atoms with Crippen molar-refractivity contribution in [1.82, 2.24) is 20.1 Å². The van der Waals surface area contributed by atoms with E-state index < -0.39 is 0 Å². The Morgan fingerprint density at radius 1 is 1.10 bits per heavy atom. The molecule has 0 bridgehead atoms. The second kappa shape index (κ2) is 8.57. The molecule has 2 aromatic carbocycles. The molecule has 0 saturated carbocycles. The summed E-state index contributed by atoms with van der Waals surface area (Å²) in [6, 6.07) is 15.7. The van der Waals surface area contributed by atoms with Crippen LogP contribution in [0.1, 0.15) is 38.4 Å². The van der Waals surface area contributed by atoms with Gasteiger partial charge in [0.2, 0.25) is 0 Å². The van der Waals surface area contributed by atoms with Crippen LogP contribution in [0, 0.1) is 13.8 Å². The zero-order chi connectivity index (χ0) is 22.0. The second-order valence-corrected chi connectivity index (χ2v) is 7.64. The molecule has 0 aliphatic heterocycles. The molecule has 158 valence electrons. The molecule has 0 unspecified atom stereocenters. The van der Waals surface area contributed by atoms with Crippen molar-refractivity contribution in [2.45, 2.75) is 33.5 Å². The number of carbonyl (C=O) groups is 1. The first-order chi connectivity index (χ1) is 15.0. The van der Waals surface area contributed by atoms with Crippen molar-refractivity contribution < 1.29 is 4.79 Å². The van der Waals surface area contributed by atoms with Crippen molar-refractivity contribution in [3.05, 3.63) is 88.4 Å². The lowest BCUT2D eigenvalue weighted by atomic mass is 9.96. The van der Waals surface area contributed by atoms with Crippen LogP contribution in [0.25, 0.3) is 10.8 Å². The fourth-order valence-electron chi connectivity index (χ4n) is 3.89. The van der Waals surface area contributed by atoms with Crippen LogP contribution in [0.5, 0.6) is 0 Å². The summed E-state index contributed by atoms with van der Waals surface area (Å²) >= 11 is 0. The lowest BCUT2D eigenvalue weighted by molar-refractivity contribution is 0.0945. The molecule has 0 saturated heterocycles. The number of fused-ring (bicyclic) bond motifs is 1. The molecule has 2 aromatic heterocycles. The molecule has 4 rings (SSSR count). The van der Waals surface area contributed by atoms with E-state index >= 15 is 0 Å². The fraction of sp³-hybridized carbons (Fsp3) is 0.208. The largest absolute Gasteiger partial charge is 0.383 e. The molecule has 7 heteroatoms. The third-order valence-corrected chi connectivity index (χ3v) is 5.62. The lowest BCUT2D eigenvalue weighted by Gasteiger charge is -2.14. The Labute approximate surface area is 181 Å². The Morgan fingerprint density at radius 3 is 2.61 bits per heavy atom. The van der Waals surface area contributed by atoms with E-state index in [2.05, 4.69) is 15.4 Å². The standard InChI is InChI=1S/C24H26N6O/c1-15-10-20-19(8-9-27-23(20)26)16(2)21(15)13-28-24(31)22-11-18(12-25)30(29-22)14-17-6-4-3-5-7-17/h3-11H,12-14,25H2,1-2H3,(H2,26,27)(H,28,31). The minimum atomic E-state index is -0.227. The number of nitrogens with one attached hydrogen (secondary N) is 1. The number of carbonyl (C=O) groups excluding carboxylic acids is 1. The van der Waals surface area contributed by atoms with Gasteiger partial charge in [0.25, 0.3) is 5.91 Å². The summed E-state index contributed by atoms with van der Waals surface area (Å²) in [5, 5.41) is 9.47. The van der Waals surface area contributed by atoms with E-state index in [-0.39, 0.29) is 5.91 Å². The first-order valence-corrected chi connectivity index (χ1v) is 10.2. The monoisotopic (exact) mass is 414 g/mol. The van der Waals surface area contributed by atoms with Gasteiger partial charge in [0, 0.05) is 24.7 Å². The molecule has 0 fully saturated rings. The minimum absolute atomic E-state index is 0.227. The van der Waals surface area contributed by atoms with Crippen LogP contribution in [0.15, 0.2) is 54.7 Å². The number of rotatable bonds is 6. The Kier molecular flexibility index (Phi) is 5.68. The van der Waals surface area contributed by atoms with E-state index in [4.69, 9.17) is 11.5 Å². The number of aromatic nitrogens is 3. The maximum atomic E-state index is 12.8. The first-order valence-electron chi connectivity index (χ1n) is 10.2.